The topological polar surface area (TPSA) is 70.2 Å². The molecule has 0 aliphatic rings. The highest BCUT2D eigenvalue weighted by molar-refractivity contribution is 5.92. The zero-order chi connectivity index (χ0) is 16.2. The Hall–Kier alpha value is -3.13. The number of nitrogens with one attached hydrogen (secondary N) is 1. The summed E-state index contributed by atoms with van der Waals surface area (Å²) in [6, 6.07) is 14.9. The van der Waals surface area contributed by atoms with E-state index >= 15 is 0 Å². The summed E-state index contributed by atoms with van der Waals surface area (Å²) in [7, 11) is 0. The fraction of sp³-hybridized carbons (Fsp3) is 0.167. The number of hydrogen-bond donors (Lipinski definition) is 1. The standard InChI is InChI=1S/C18H16N4O/c1-13-16(22-11-5-4-8-17(22)20-13)9-10-18(23)21-15-7-3-2-6-14(15)12-19/h2-8,11H,9-10H2,1H3,(H,21,23). The van der Waals surface area contributed by atoms with Crippen LogP contribution in [-0.4, -0.2) is 15.3 Å². The summed E-state index contributed by atoms with van der Waals surface area (Å²) in [4.78, 5) is 16.7. The van der Waals surface area contributed by atoms with Crippen molar-refractivity contribution in [1.82, 2.24) is 9.38 Å². The Balaban J connectivity index is 1.72. The Kier molecular flexibility index (Phi) is 4.07. The zero-order valence-electron chi connectivity index (χ0n) is 12.8. The number of aromatic nitrogens is 2. The smallest absolute Gasteiger partial charge is 0.224 e. The van der Waals surface area contributed by atoms with Crippen molar-refractivity contribution in [2.75, 3.05) is 5.32 Å². The van der Waals surface area contributed by atoms with Crippen LogP contribution in [0.4, 0.5) is 5.69 Å². The van der Waals surface area contributed by atoms with E-state index in [1.165, 1.54) is 0 Å². The van der Waals surface area contributed by atoms with Crippen LogP contribution in [0.5, 0.6) is 0 Å². The first kappa shape index (κ1) is 14.8. The Morgan fingerprint density at radius 1 is 1.26 bits per heavy atom. The summed E-state index contributed by atoms with van der Waals surface area (Å²) < 4.78 is 2.01. The molecule has 1 aromatic carbocycles. The Bertz CT molecular complexity index is 905. The molecular weight excluding hydrogens is 288 g/mol. The van der Waals surface area contributed by atoms with Gasteiger partial charge in [0, 0.05) is 18.3 Å². The monoisotopic (exact) mass is 304 g/mol. The van der Waals surface area contributed by atoms with Crippen LogP contribution in [0.1, 0.15) is 23.4 Å². The van der Waals surface area contributed by atoms with Crippen LogP contribution in [0.15, 0.2) is 48.7 Å². The largest absolute Gasteiger partial charge is 0.325 e. The number of nitrogens with zero attached hydrogens (tertiary/aromatic N) is 3. The van der Waals surface area contributed by atoms with E-state index in [4.69, 9.17) is 5.26 Å². The second-order valence-electron chi connectivity index (χ2n) is 5.28. The minimum atomic E-state index is -0.113. The van der Waals surface area contributed by atoms with Crippen LogP contribution in [0.3, 0.4) is 0 Å². The number of pyridine rings is 1. The Morgan fingerprint density at radius 2 is 2.04 bits per heavy atom. The van der Waals surface area contributed by atoms with Gasteiger partial charge in [0.05, 0.1) is 16.9 Å². The van der Waals surface area contributed by atoms with Crippen molar-refractivity contribution in [1.29, 1.82) is 5.26 Å². The molecule has 23 heavy (non-hydrogen) atoms. The third-order valence-corrected chi connectivity index (χ3v) is 3.74. The van der Waals surface area contributed by atoms with Crippen LogP contribution in [0, 0.1) is 18.3 Å². The normalized spacial score (nSPS) is 10.4. The molecule has 0 atom stereocenters. The number of carbonyl (C=O) groups is 1. The molecule has 0 aliphatic carbocycles. The van der Waals surface area contributed by atoms with E-state index < -0.39 is 0 Å². The van der Waals surface area contributed by atoms with Gasteiger partial charge in [0.1, 0.15) is 11.7 Å². The maximum absolute atomic E-state index is 12.2. The second kappa shape index (κ2) is 6.32. The lowest BCUT2D eigenvalue weighted by atomic mass is 10.1. The van der Waals surface area contributed by atoms with Crippen molar-refractivity contribution in [3.8, 4) is 6.07 Å². The van der Waals surface area contributed by atoms with E-state index in [1.54, 1.807) is 24.3 Å². The molecule has 0 radical (unpaired) electrons. The molecule has 3 rings (SSSR count). The van der Waals surface area contributed by atoms with Gasteiger partial charge in [-0.15, -0.1) is 0 Å². The quantitative estimate of drug-likeness (QED) is 0.805. The van der Waals surface area contributed by atoms with E-state index in [1.807, 2.05) is 35.7 Å². The molecule has 2 aromatic heterocycles. The summed E-state index contributed by atoms with van der Waals surface area (Å²) in [6.45, 7) is 1.95. The molecule has 0 fully saturated rings. The number of para-hydroxylation sites is 1. The number of nitriles is 1. The van der Waals surface area contributed by atoms with E-state index in [-0.39, 0.29) is 5.91 Å². The minimum absolute atomic E-state index is 0.113. The first-order valence-corrected chi connectivity index (χ1v) is 7.40. The average molecular weight is 304 g/mol. The molecule has 1 N–H and O–H groups in total. The minimum Gasteiger partial charge on any atom is -0.325 e. The number of anilines is 1. The highest BCUT2D eigenvalue weighted by Gasteiger charge is 2.11. The fourth-order valence-corrected chi connectivity index (χ4v) is 2.60. The SMILES string of the molecule is Cc1nc2ccccn2c1CCC(=O)Nc1ccccc1C#N. The number of imidazole rings is 1. The van der Waals surface area contributed by atoms with Crippen molar-refractivity contribution < 1.29 is 4.79 Å². The predicted molar refractivity (Wildman–Crippen MR) is 88.0 cm³/mol. The highest BCUT2D eigenvalue weighted by atomic mass is 16.1. The number of amides is 1. The van der Waals surface area contributed by atoms with E-state index in [0.717, 1.165) is 17.0 Å². The van der Waals surface area contributed by atoms with Gasteiger partial charge in [-0.1, -0.05) is 18.2 Å². The maximum Gasteiger partial charge on any atom is 0.224 e. The van der Waals surface area contributed by atoms with E-state index in [9.17, 15) is 4.79 Å². The summed E-state index contributed by atoms with van der Waals surface area (Å²) >= 11 is 0. The molecular formula is C18H16N4O. The number of fused-ring (bicyclic) bond motifs is 1. The molecule has 0 bridgehead atoms. The molecule has 5 nitrogen and oxygen atoms in total. The fourth-order valence-electron chi connectivity index (χ4n) is 2.60. The van der Waals surface area contributed by atoms with Gasteiger partial charge in [-0.05, 0) is 37.6 Å². The third kappa shape index (κ3) is 3.06. The Morgan fingerprint density at radius 3 is 2.87 bits per heavy atom. The van der Waals surface area contributed by atoms with Gasteiger partial charge in [-0.2, -0.15) is 5.26 Å². The number of aryl methyl sites for hydroxylation is 2. The van der Waals surface area contributed by atoms with Gasteiger partial charge in [-0.25, -0.2) is 4.98 Å². The molecule has 0 unspecified atom stereocenters. The number of benzene rings is 1. The highest BCUT2D eigenvalue weighted by Crippen LogP contribution is 2.16. The molecule has 1 amide bonds. The lowest BCUT2D eigenvalue weighted by Crippen LogP contribution is -2.14. The van der Waals surface area contributed by atoms with Crippen molar-refractivity contribution >= 4 is 17.2 Å². The van der Waals surface area contributed by atoms with Gasteiger partial charge in [0.15, 0.2) is 0 Å². The molecule has 3 aromatic rings. The van der Waals surface area contributed by atoms with Gasteiger partial charge in [0.2, 0.25) is 5.91 Å². The van der Waals surface area contributed by atoms with Crippen LogP contribution in [-0.2, 0) is 11.2 Å². The molecule has 114 valence electrons. The van der Waals surface area contributed by atoms with Crippen LogP contribution in [0.25, 0.3) is 5.65 Å². The van der Waals surface area contributed by atoms with Crippen molar-refractivity contribution in [2.24, 2.45) is 0 Å². The van der Waals surface area contributed by atoms with Crippen LogP contribution in [0.2, 0.25) is 0 Å². The van der Waals surface area contributed by atoms with Crippen LogP contribution < -0.4 is 5.32 Å². The summed E-state index contributed by atoms with van der Waals surface area (Å²) in [5, 5.41) is 11.9. The van der Waals surface area contributed by atoms with Gasteiger partial charge in [-0.3, -0.25) is 4.79 Å². The first-order chi connectivity index (χ1) is 11.2. The second-order valence-corrected chi connectivity index (χ2v) is 5.28. The number of hydrogen-bond acceptors (Lipinski definition) is 3. The first-order valence-electron chi connectivity index (χ1n) is 7.40. The van der Waals surface area contributed by atoms with Crippen molar-refractivity contribution in [3.05, 3.63) is 65.6 Å². The van der Waals surface area contributed by atoms with Gasteiger partial charge in [0.25, 0.3) is 0 Å². The van der Waals surface area contributed by atoms with Crippen molar-refractivity contribution in [3.63, 3.8) is 0 Å². The van der Waals surface area contributed by atoms with Gasteiger partial charge >= 0.3 is 0 Å². The number of rotatable bonds is 4. The molecule has 0 saturated heterocycles. The zero-order valence-corrected chi connectivity index (χ0v) is 12.8. The lowest BCUT2D eigenvalue weighted by Gasteiger charge is -2.07. The van der Waals surface area contributed by atoms with Gasteiger partial charge < -0.3 is 9.72 Å². The predicted octanol–water partition coefficient (Wildman–Crippen LogP) is 3.09. The summed E-state index contributed by atoms with van der Waals surface area (Å²) in [5.74, 6) is -0.113. The molecule has 0 spiro atoms. The average Bonchev–Trinajstić information content (AvgIpc) is 2.88. The van der Waals surface area contributed by atoms with E-state index in [2.05, 4.69) is 16.4 Å². The molecule has 5 heteroatoms. The summed E-state index contributed by atoms with van der Waals surface area (Å²) in [5.41, 5.74) is 3.86. The van der Waals surface area contributed by atoms with Crippen molar-refractivity contribution in [2.45, 2.75) is 19.8 Å². The Labute approximate surface area is 134 Å². The van der Waals surface area contributed by atoms with E-state index in [0.29, 0.717) is 24.1 Å². The molecule has 0 saturated carbocycles. The number of carbonyl (C=O) groups excluding carboxylic acids is 1. The lowest BCUT2D eigenvalue weighted by molar-refractivity contribution is -0.116. The maximum atomic E-state index is 12.2. The van der Waals surface area contributed by atoms with Crippen LogP contribution >= 0.6 is 0 Å². The third-order valence-electron chi connectivity index (χ3n) is 3.74. The molecule has 0 aliphatic heterocycles. The molecule has 2 heterocycles. The summed E-state index contributed by atoms with van der Waals surface area (Å²) in [6.07, 6.45) is 2.88.